The number of imidazole rings is 1. The lowest BCUT2D eigenvalue weighted by Gasteiger charge is -2.37. The number of para-hydroxylation sites is 1. The largest absolute Gasteiger partial charge is 0.432 e. The van der Waals surface area contributed by atoms with Crippen LogP contribution in [0.2, 0.25) is 0 Å². The number of benzene rings is 1. The Hall–Kier alpha value is -2.23. The van der Waals surface area contributed by atoms with Crippen molar-refractivity contribution in [1.82, 2.24) is 9.38 Å². The molecular formula is C18H19N3O. The molecule has 1 aliphatic heterocycles. The van der Waals surface area contributed by atoms with E-state index in [1.807, 2.05) is 6.20 Å². The van der Waals surface area contributed by atoms with Crippen LogP contribution in [0.25, 0.3) is 5.84 Å². The van der Waals surface area contributed by atoms with Crippen molar-refractivity contribution < 1.29 is 4.42 Å². The molecule has 22 heavy (non-hydrogen) atoms. The monoisotopic (exact) mass is 293 g/mol. The van der Waals surface area contributed by atoms with E-state index in [2.05, 4.69) is 40.5 Å². The molecule has 5 rings (SSSR count). The van der Waals surface area contributed by atoms with Crippen molar-refractivity contribution in [1.29, 1.82) is 0 Å². The molecule has 112 valence electrons. The summed E-state index contributed by atoms with van der Waals surface area (Å²) in [5.41, 5.74) is 5.30. The molecule has 2 aromatic heterocycles. The first kappa shape index (κ1) is 12.3. The number of hydrogen-bond acceptors (Lipinski definition) is 3. The van der Waals surface area contributed by atoms with Gasteiger partial charge in [-0.05, 0) is 31.4 Å². The summed E-state index contributed by atoms with van der Waals surface area (Å²) < 4.78 is 7.63. The Labute approximate surface area is 129 Å². The molecule has 3 heterocycles. The van der Waals surface area contributed by atoms with Crippen molar-refractivity contribution >= 4 is 11.5 Å². The van der Waals surface area contributed by atoms with Gasteiger partial charge < -0.3 is 9.32 Å². The molecule has 0 radical (unpaired) electrons. The minimum absolute atomic E-state index is 0.0655. The first-order valence-corrected chi connectivity index (χ1v) is 8.08. The number of rotatable bonds is 1. The van der Waals surface area contributed by atoms with Crippen LogP contribution in [-0.4, -0.2) is 9.38 Å². The third-order valence-corrected chi connectivity index (χ3v) is 5.46. The molecule has 4 heteroatoms. The lowest BCUT2D eigenvalue weighted by molar-refractivity contribution is 0.426. The van der Waals surface area contributed by atoms with Crippen LogP contribution < -0.4 is 4.90 Å². The van der Waals surface area contributed by atoms with Gasteiger partial charge in [0.25, 0.3) is 0 Å². The van der Waals surface area contributed by atoms with Crippen LogP contribution in [0.3, 0.4) is 0 Å². The average molecular weight is 293 g/mol. The maximum atomic E-state index is 5.52. The third kappa shape index (κ3) is 1.40. The number of aryl methyl sites for hydroxylation is 1. The number of fused-ring (bicyclic) bond motifs is 4. The topological polar surface area (TPSA) is 33.7 Å². The Kier molecular flexibility index (Phi) is 2.33. The molecule has 0 saturated heterocycles. The smallest absolute Gasteiger partial charge is 0.306 e. The second kappa shape index (κ2) is 4.15. The van der Waals surface area contributed by atoms with Gasteiger partial charge in [0.1, 0.15) is 6.26 Å². The molecule has 1 aromatic carbocycles. The summed E-state index contributed by atoms with van der Waals surface area (Å²) in [6.45, 7) is 3.12. The molecule has 0 amide bonds. The summed E-state index contributed by atoms with van der Waals surface area (Å²) in [5.74, 6) is 0.737. The van der Waals surface area contributed by atoms with E-state index < -0.39 is 0 Å². The number of hydrogen-bond donors (Lipinski definition) is 0. The highest BCUT2D eigenvalue weighted by molar-refractivity contribution is 5.61. The predicted octanol–water partition coefficient (Wildman–Crippen LogP) is 4.03. The first-order chi connectivity index (χ1) is 10.8. The fourth-order valence-corrected chi connectivity index (χ4v) is 4.43. The van der Waals surface area contributed by atoms with Crippen LogP contribution in [0.15, 0.2) is 41.1 Å². The van der Waals surface area contributed by atoms with E-state index in [4.69, 9.17) is 9.40 Å². The van der Waals surface area contributed by atoms with Gasteiger partial charge in [-0.3, -0.25) is 4.40 Å². The highest BCUT2D eigenvalue weighted by Crippen LogP contribution is 2.52. The van der Waals surface area contributed by atoms with E-state index in [-0.39, 0.29) is 5.54 Å². The molecule has 1 aliphatic carbocycles. The van der Waals surface area contributed by atoms with Gasteiger partial charge in [-0.15, -0.1) is 0 Å². The Morgan fingerprint density at radius 2 is 2.00 bits per heavy atom. The molecule has 0 N–H and O–H groups in total. The Balaban J connectivity index is 1.73. The summed E-state index contributed by atoms with van der Waals surface area (Å²) in [7, 11) is 0. The van der Waals surface area contributed by atoms with Crippen molar-refractivity contribution in [2.45, 2.75) is 44.7 Å². The molecule has 0 bridgehead atoms. The Morgan fingerprint density at radius 1 is 1.18 bits per heavy atom. The highest BCUT2D eigenvalue weighted by Gasteiger charge is 2.50. The fourth-order valence-electron chi connectivity index (χ4n) is 4.43. The third-order valence-electron chi connectivity index (χ3n) is 5.46. The quantitative estimate of drug-likeness (QED) is 0.679. The number of oxazole rings is 1. The fraction of sp³-hybridized carbons (Fsp3) is 0.389. The van der Waals surface area contributed by atoms with Gasteiger partial charge in [-0.25, -0.2) is 0 Å². The Morgan fingerprint density at radius 3 is 2.82 bits per heavy atom. The van der Waals surface area contributed by atoms with E-state index in [1.54, 1.807) is 6.26 Å². The lowest BCUT2D eigenvalue weighted by atomic mass is 9.92. The second-order valence-corrected chi connectivity index (χ2v) is 6.57. The van der Waals surface area contributed by atoms with Gasteiger partial charge >= 0.3 is 5.84 Å². The average Bonchev–Trinajstić information content (AvgIpc) is 3.25. The van der Waals surface area contributed by atoms with Gasteiger partial charge in [-0.2, -0.15) is 4.98 Å². The summed E-state index contributed by atoms with van der Waals surface area (Å²) in [4.78, 5) is 7.44. The number of nitrogens with zero attached hydrogens (tertiary/aromatic N) is 3. The van der Waals surface area contributed by atoms with Crippen LogP contribution in [-0.2, 0) is 12.1 Å². The van der Waals surface area contributed by atoms with Crippen molar-refractivity contribution in [2.75, 3.05) is 4.90 Å². The molecule has 0 unspecified atom stereocenters. The van der Waals surface area contributed by atoms with Crippen LogP contribution in [0, 0.1) is 6.92 Å². The van der Waals surface area contributed by atoms with E-state index in [0.29, 0.717) is 0 Å². The van der Waals surface area contributed by atoms with Crippen molar-refractivity contribution in [3.63, 3.8) is 0 Å². The van der Waals surface area contributed by atoms with Gasteiger partial charge in [0.05, 0.1) is 23.5 Å². The van der Waals surface area contributed by atoms with Crippen LogP contribution in [0.5, 0.6) is 0 Å². The van der Waals surface area contributed by atoms with Crippen molar-refractivity contribution in [3.05, 3.63) is 53.7 Å². The van der Waals surface area contributed by atoms with Crippen LogP contribution >= 0.6 is 0 Å². The molecule has 1 spiro atoms. The minimum atomic E-state index is 0.0655. The van der Waals surface area contributed by atoms with E-state index in [1.165, 1.54) is 48.3 Å². The zero-order valence-corrected chi connectivity index (χ0v) is 12.7. The van der Waals surface area contributed by atoms with Gasteiger partial charge in [0.15, 0.2) is 0 Å². The SMILES string of the molecule is Cc1ccccc1N1Cc2c(nc3occn23)C12CCCC2. The van der Waals surface area contributed by atoms with Gasteiger partial charge in [0.2, 0.25) is 0 Å². The summed E-state index contributed by atoms with van der Waals surface area (Å²) in [6.07, 6.45) is 8.65. The summed E-state index contributed by atoms with van der Waals surface area (Å²) in [6, 6.07) is 8.71. The molecule has 1 saturated carbocycles. The summed E-state index contributed by atoms with van der Waals surface area (Å²) >= 11 is 0. The maximum Gasteiger partial charge on any atom is 0.306 e. The van der Waals surface area contributed by atoms with Crippen LogP contribution in [0.4, 0.5) is 5.69 Å². The predicted molar refractivity (Wildman–Crippen MR) is 85.0 cm³/mol. The molecule has 0 atom stereocenters. The molecular weight excluding hydrogens is 274 g/mol. The van der Waals surface area contributed by atoms with E-state index in [0.717, 1.165) is 12.4 Å². The zero-order valence-electron chi connectivity index (χ0n) is 12.7. The maximum absolute atomic E-state index is 5.52. The molecule has 4 nitrogen and oxygen atoms in total. The van der Waals surface area contributed by atoms with E-state index in [9.17, 15) is 0 Å². The number of aromatic nitrogens is 2. The molecule has 2 aliphatic rings. The lowest BCUT2D eigenvalue weighted by Crippen LogP contribution is -2.39. The highest BCUT2D eigenvalue weighted by atomic mass is 16.3. The first-order valence-electron chi connectivity index (χ1n) is 8.08. The Bertz CT molecular complexity index is 854. The molecule has 3 aromatic rings. The van der Waals surface area contributed by atoms with Crippen molar-refractivity contribution in [3.8, 4) is 0 Å². The molecule has 1 fully saturated rings. The normalized spacial score (nSPS) is 19.4. The number of anilines is 1. The van der Waals surface area contributed by atoms with Gasteiger partial charge in [0, 0.05) is 11.9 Å². The summed E-state index contributed by atoms with van der Waals surface area (Å²) in [5, 5.41) is 0. The minimum Gasteiger partial charge on any atom is -0.432 e. The van der Waals surface area contributed by atoms with Crippen LogP contribution in [0.1, 0.15) is 42.6 Å². The standard InChI is InChI=1S/C18H19N3O/c1-13-6-2-3-7-14(13)21-12-15-16(18(21)8-4-5-9-18)19-17-20(15)10-11-22-17/h2-3,6-7,10-11H,4-5,8-9,12H2,1H3. The van der Waals surface area contributed by atoms with Gasteiger partial charge in [-0.1, -0.05) is 31.0 Å². The zero-order chi connectivity index (χ0) is 14.7. The van der Waals surface area contributed by atoms with E-state index >= 15 is 0 Å². The van der Waals surface area contributed by atoms with Crippen molar-refractivity contribution in [2.24, 2.45) is 0 Å². The second-order valence-electron chi connectivity index (χ2n) is 6.57.